The SMILES string of the molecule is CCC(Cl)CCNCc1cc(C)nn1C. The smallest absolute Gasteiger partial charge is 0.0597 e. The molecular formula is C11H20ClN3. The lowest BCUT2D eigenvalue weighted by Crippen LogP contribution is -2.19. The minimum absolute atomic E-state index is 0.297. The Hall–Kier alpha value is -0.540. The van der Waals surface area contributed by atoms with E-state index in [1.807, 2.05) is 18.7 Å². The fourth-order valence-electron chi connectivity index (χ4n) is 1.51. The lowest BCUT2D eigenvalue weighted by Gasteiger charge is -2.07. The first-order valence-corrected chi connectivity index (χ1v) is 5.91. The van der Waals surface area contributed by atoms with Crippen LogP contribution in [-0.4, -0.2) is 21.7 Å². The van der Waals surface area contributed by atoms with E-state index in [0.717, 1.165) is 31.6 Å². The van der Waals surface area contributed by atoms with Gasteiger partial charge in [0.05, 0.1) is 11.4 Å². The molecule has 0 bridgehead atoms. The lowest BCUT2D eigenvalue weighted by molar-refractivity contribution is 0.591. The van der Waals surface area contributed by atoms with Crippen molar-refractivity contribution in [2.75, 3.05) is 6.54 Å². The zero-order chi connectivity index (χ0) is 11.3. The van der Waals surface area contributed by atoms with Crippen LogP contribution in [0.3, 0.4) is 0 Å². The number of nitrogens with one attached hydrogen (secondary N) is 1. The third kappa shape index (κ3) is 4.22. The molecule has 86 valence electrons. The van der Waals surface area contributed by atoms with Gasteiger partial charge in [0.2, 0.25) is 0 Å². The standard InChI is InChI=1S/C11H20ClN3/c1-4-10(12)5-6-13-8-11-7-9(2)14-15(11)3/h7,10,13H,4-6,8H2,1-3H3. The maximum atomic E-state index is 6.02. The van der Waals surface area contributed by atoms with Gasteiger partial charge >= 0.3 is 0 Å². The van der Waals surface area contributed by atoms with Crippen LogP contribution in [0.1, 0.15) is 31.2 Å². The van der Waals surface area contributed by atoms with Gasteiger partial charge in [-0.2, -0.15) is 5.10 Å². The first-order chi connectivity index (χ1) is 7.13. The molecule has 0 spiro atoms. The van der Waals surface area contributed by atoms with Gasteiger partial charge in [0.25, 0.3) is 0 Å². The van der Waals surface area contributed by atoms with Gasteiger partial charge in [0.1, 0.15) is 0 Å². The van der Waals surface area contributed by atoms with Gasteiger partial charge in [0.15, 0.2) is 0 Å². The van der Waals surface area contributed by atoms with Gasteiger partial charge in [-0.25, -0.2) is 0 Å². The first-order valence-electron chi connectivity index (χ1n) is 5.47. The van der Waals surface area contributed by atoms with Gasteiger partial charge in [-0.1, -0.05) is 6.92 Å². The van der Waals surface area contributed by atoms with Crippen LogP contribution in [0.4, 0.5) is 0 Å². The Morgan fingerprint density at radius 1 is 1.60 bits per heavy atom. The second kappa shape index (κ2) is 6.13. The molecule has 1 N–H and O–H groups in total. The maximum Gasteiger partial charge on any atom is 0.0597 e. The molecule has 1 aromatic rings. The highest BCUT2D eigenvalue weighted by molar-refractivity contribution is 6.20. The quantitative estimate of drug-likeness (QED) is 0.599. The topological polar surface area (TPSA) is 29.9 Å². The summed E-state index contributed by atoms with van der Waals surface area (Å²) in [5, 5.41) is 7.96. The Kier molecular flexibility index (Phi) is 5.12. The Labute approximate surface area is 96.8 Å². The zero-order valence-corrected chi connectivity index (χ0v) is 10.5. The summed E-state index contributed by atoms with van der Waals surface area (Å²) in [6, 6.07) is 2.10. The minimum Gasteiger partial charge on any atom is -0.311 e. The minimum atomic E-state index is 0.297. The molecule has 4 heteroatoms. The van der Waals surface area contributed by atoms with E-state index in [1.54, 1.807) is 0 Å². The molecule has 15 heavy (non-hydrogen) atoms. The Morgan fingerprint density at radius 3 is 2.87 bits per heavy atom. The van der Waals surface area contributed by atoms with E-state index >= 15 is 0 Å². The van der Waals surface area contributed by atoms with Gasteiger partial charge < -0.3 is 5.32 Å². The van der Waals surface area contributed by atoms with Gasteiger partial charge in [0, 0.05) is 19.0 Å². The average molecular weight is 230 g/mol. The first kappa shape index (κ1) is 12.5. The van der Waals surface area contributed by atoms with E-state index in [-0.39, 0.29) is 0 Å². The van der Waals surface area contributed by atoms with Crippen molar-refractivity contribution in [3.05, 3.63) is 17.5 Å². The van der Waals surface area contributed by atoms with Crippen molar-refractivity contribution in [3.8, 4) is 0 Å². The van der Waals surface area contributed by atoms with Crippen LogP contribution in [0.2, 0.25) is 0 Å². The molecule has 1 aromatic heterocycles. The van der Waals surface area contributed by atoms with Crippen LogP contribution in [0, 0.1) is 6.92 Å². The molecule has 0 aliphatic rings. The molecule has 3 nitrogen and oxygen atoms in total. The van der Waals surface area contributed by atoms with Gasteiger partial charge in [-0.05, 0) is 32.4 Å². The van der Waals surface area contributed by atoms with E-state index in [2.05, 4.69) is 23.4 Å². The number of alkyl halides is 1. The third-order valence-electron chi connectivity index (χ3n) is 2.48. The van der Waals surface area contributed by atoms with Crippen LogP contribution >= 0.6 is 11.6 Å². The molecule has 1 heterocycles. The van der Waals surface area contributed by atoms with Crippen molar-refractivity contribution in [1.29, 1.82) is 0 Å². The van der Waals surface area contributed by atoms with Crippen LogP contribution in [0.15, 0.2) is 6.07 Å². The fraction of sp³-hybridized carbons (Fsp3) is 0.727. The number of hydrogen-bond acceptors (Lipinski definition) is 2. The highest BCUT2D eigenvalue weighted by Crippen LogP contribution is 2.05. The fourth-order valence-corrected chi connectivity index (χ4v) is 1.62. The highest BCUT2D eigenvalue weighted by atomic mass is 35.5. The number of rotatable bonds is 6. The second-order valence-electron chi connectivity index (χ2n) is 3.87. The lowest BCUT2D eigenvalue weighted by atomic mass is 10.2. The summed E-state index contributed by atoms with van der Waals surface area (Å²) in [4.78, 5) is 0. The number of nitrogens with zero attached hydrogens (tertiary/aromatic N) is 2. The molecule has 1 unspecified atom stereocenters. The molecule has 0 saturated heterocycles. The number of aromatic nitrogens is 2. The van der Waals surface area contributed by atoms with E-state index < -0.39 is 0 Å². The van der Waals surface area contributed by atoms with Crippen LogP contribution in [0.5, 0.6) is 0 Å². The number of aryl methyl sites for hydroxylation is 2. The molecule has 0 aliphatic heterocycles. The zero-order valence-electron chi connectivity index (χ0n) is 9.76. The van der Waals surface area contributed by atoms with E-state index in [0.29, 0.717) is 5.38 Å². The average Bonchev–Trinajstić information content (AvgIpc) is 2.52. The summed E-state index contributed by atoms with van der Waals surface area (Å²) in [5.74, 6) is 0. The number of halogens is 1. The Balaban J connectivity index is 2.23. The Morgan fingerprint density at radius 2 is 2.33 bits per heavy atom. The third-order valence-corrected chi connectivity index (χ3v) is 3.01. The summed E-state index contributed by atoms with van der Waals surface area (Å²) in [6.07, 6.45) is 2.06. The molecule has 0 aliphatic carbocycles. The normalized spacial score (nSPS) is 13.1. The monoisotopic (exact) mass is 229 g/mol. The van der Waals surface area contributed by atoms with Crippen molar-refractivity contribution in [3.63, 3.8) is 0 Å². The van der Waals surface area contributed by atoms with Crippen molar-refractivity contribution in [1.82, 2.24) is 15.1 Å². The summed E-state index contributed by atoms with van der Waals surface area (Å²) >= 11 is 6.02. The van der Waals surface area contributed by atoms with Crippen LogP contribution in [0.25, 0.3) is 0 Å². The second-order valence-corrected chi connectivity index (χ2v) is 4.49. The van der Waals surface area contributed by atoms with Crippen molar-refractivity contribution >= 4 is 11.6 Å². The predicted octanol–water partition coefficient (Wildman–Crippen LogP) is 2.23. The van der Waals surface area contributed by atoms with Gasteiger partial charge in [-0.3, -0.25) is 4.68 Å². The van der Waals surface area contributed by atoms with Crippen molar-refractivity contribution in [2.45, 2.75) is 38.6 Å². The predicted molar refractivity (Wildman–Crippen MR) is 64.2 cm³/mol. The van der Waals surface area contributed by atoms with Crippen molar-refractivity contribution in [2.24, 2.45) is 7.05 Å². The highest BCUT2D eigenvalue weighted by Gasteiger charge is 2.03. The molecule has 1 rings (SSSR count). The van der Waals surface area contributed by atoms with E-state index in [9.17, 15) is 0 Å². The van der Waals surface area contributed by atoms with Crippen LogP contribution < -0.4 is 5.32 Å². The van der Waals surface area contributed by atoms with Crippen LogP contribution in [-0.2, 0) is 13.6 Å². The van der Waals surface area contributed by atoms with E-state index in [1.165, 1.54) is 5.69 Å². The molecule has 0 radical (unpaired) electrons. The molecular weight excluding hydrogens is 210 g/mol. The van der Waals surface area contributed by atoms with Gasteiger partial charge in [-0.15, -0.1) is 11.6 Å². The maximum absolute atomic E-state index is 6.02. The van der Waals surface area contributed by atoms with E-state index in [4.69, 9.17) is 11.6 Å². The number of hydrogen-bond donors (Lipinski definition) is 1. The largest absolute Gasteiger partial charge is 0.311 e. The molecule has 0 fully saturated rings. The molecule has 0 amide bonds. The molecule has 0 saturated carbocycles. The Bertz CT molecular complexity index is 296. The summed E-state index contributed by atoms with van der Waals surface area (Å²) in [5.41, 5.74) is 2.29. The molecule has 0 aromatic carbocycles. The van der Waals surface area contributed by atoms with Crippen molar-refractivity contribution < 1.29 is 0 Å². The molecule has 1 atom stereocenters. The summed E-state index contributed by atoms with van der Waals surface area (Å²) in [7, 11) is 1.97. The summed E-state index contributed by atoms with van der Waals surface area (Å²) < 4.78 is 1.92. The summed E-state index contributed by atoms with van der Waals surface area (Å²) in [6.45, 7) is 5.95.